The first-order valence-electron chi connectivity index (χ1n) is 9.11. The number of carbonyl (C=O) groups is 1. The zero-order valence-corrected chi connectivity index (χ0v) is 15.3. The van der Waals surface area contributed by atoms with E-state index in [0.717, 1.165) is 37.5 Å². The van der Waals surface area contributed by atoms with Crippen LogP contribution < -0.4 is 10.1 Å². The molecule has 1 aromatic carbocycles. The third-order valence-corrected chi connectivity index (χ3v) is 5.37. The van der Waals surface area contributed by atoms with Gasteiger partial charge in [0, 0.05) is 26.2 Å². The number of ether oxygens (including phenoxy) is 1. The quantitative estimate of drug-likeness (QED) is 0.902. The Morgan fingerprint density at radius 2 is 1.79 bits per heavy atom. The summed E-state index contributed by atoms with van der Waals surface area (Å²) in [4.78, 5) is 15.1. The number of fused-ring (bicyclic) bond motifs is 1. The van der Waals surface area contributed by atoms with Crippen molar-refractivity contribution in [3.63, 3.8) is 0 Å². The summed E-state index contributed by atoms with van der Waals surface area (Å²) in [5.41, 5.74) is 0.558. The number of nitrogens with one attached hydrogen (secondary N) is 1. The van der Waals surface area contributed by atoms with Crippen LogP contribution in [0, 0.1) is 17.8 Å². The molecule has 0 aromatic heterocycles. The van der Waals surface area contributed by atoms with Crippen LogP contribution in [0.1, 0.15) is 33.3 Å². The van der Waals surface area contributed by atoms with Gasteiger partial charge < -0.3 is 15.0 Å². The third kappa shape index (κ3) is 3.44. The van der Waals surface area contributed by atoms with Crippen LogP contribution in [-0.2, 0) is 10.2 Å². The van der Waals surface area contributed by atoms with Crippen LogP contribution in [0.3, 0.4) is 0 Å². The van der Waals surface area contributed by atoms with Crippen molar-refractivity contribution in [3.05, 3.63) is 29.8 Å². The average molecular weight is 330 g/mol. The van der Waals surface area contributed by atoms with E-state index >= 15 is 0 Å². The highest BCUT2D eigenvalue weighted by Crippen LogP contribution is 2.33. The topological polar surface area (TPSA) is 41.6 Å². The normalized spacial score (nSPS) is 23.6. The molecule has 0 saturated carbocycles. The number of carbonyl (C=O) groups excluding carboxylic acids is 1. The van der Waals surface area contributed by atoms with Gasteiger partial charge in [0.1, 0.15) is 5.75 Å². The summed E-state index contributed by atoms with van der Waals surface area (Å²) in [6, 6.07) is 8.03. The molecule has 1 N–H and O–H groups in total. The van der Waals surface area contributed by atoms with Crippen LogP contribution in [0.5, 0.6) is 5.75 Å². The van der Waals surface area contributed by atoms with Gasteiger partial charge in [-0.1, -0.05) is 26.0 Å². The zero-order chi connectivity index (χ0) is 17.3. The molecule has 2 atom stereocenters. The predicted molar refractivity (Wildman–Crippen MR) is 96.2 cm³/mol. The second kappa shape index (κ2) is 6.75. The van der Waals surface area contributed by atoms with Crippen molar-refractivity contribution < 1.29 is 9.53 Å². The van der Waals surface area contributed by atoms with Crippen molar-refractivity contribution in [2.45, 2.75) is 33.1 Å². The molecule has 3 rings (SSSR count). The number of amides is 1. The van der Waals surface area contributed by atoms with Gasteiger partial charge >= 0.3 is 0 Å². The van der Waals surface area contributed by atoms with E-state index in [1.54, 1.807) is 0 Å². The number of hydrogen-bond acceptors (Lipinski definition) is 3. The molecule has 132 valence electrons. The Hall–Kier alpha value is -1.55. The molecule has 0 aliphatic carbocycles. The Labute approximate surface area is 145 Å². The van der Waals surface area contributed by atoms with E-state index in [-0.39, 0.29) is 5.91 Å². The lowest BCUT2D eigenvalue weighted by molar-refractivity contribution is -0.135. The fourth-order valence-corrected chi connectivity index (χ4v) is 3.77. The molecule has 2 saturated heterocycles. The fraction of sp³-hybridized carbons (Fsp3) is 0.650. The lowest BCUT2D eigenvalue weighted by Gasteiger charge is -2.30. The summed E-state index contributed by atoms with van der Waals surface area (Å²) < 4.78 is 5.74. The maximum Gasteiger partial charge on any atom is 0.232 e. The first-order valence-corrected chi connectivity index (χ1v) is 9.11. The van der Waals surface area contributed by atoms with E-state index in [4.69, 9.17) is 4.74 Å². The number of benzene rings is 1. The molecular weight excluding hydrogens is 300 g/mol. The molecule has 4 heteroatoms. The van der Waals surface area contributed by atoms with Gasteiger partial charge in [-0.05, 0) is 49.3 Å². The molecule has 1 amide bonds. The van der Waals surface area contributed by atoms with Gasteiger partial charge in [0.15, 0.2) is 0 Å². The van der Waals surface area contributed by atoms with Gasteiger partial charge in [0.05, 0.1) is 12.0 Å². The number of rotatable bonds is 5. The monoisotopic (exact) mass is 330 g/mol. The van der Waals surface area contributed by atoms with Gasteiger partial charge in [0.2, 0.25) is 5.91 Å². The largest absolute Gasteiger partial charge is 0.493 e. The molecule has 4 nitrogen and oxygen atoms in total. The molecule has 0 unspecified atom stereocenters. The summed E-state index contributed by atoms with van der Waals surface area (Å²) in [6.45, 7) is 13.0. The minimum absolute atomic E-state index is 0.243. The van der Waals surface area contributed by atoms with E-state index < -0.39 is 5.41 Å². The molecule has 2 heterocycles. The maximum atomic E-state index is 13.1. The SMILES string of the molecule is CC(C)COc1ccc(C(C)(C)C(=O)N2C[C@H]3CNC[C@H]3C2)cc1. The fourth-order valence-electron chi connectivity index (χ4n) is 3.77. The van der Waals surface area contributed by atoms with Crippen LogP contribution in [0.4, 0.5) is 0 Å². The highest BCUT2D eigenvalue weighted by atomic mass is 16.5. The maximum absolute atomic E-state index is 13.1. The van der Waals surface area contributed by atoms with Crippen molar-refractivity contribution in [2.75, 3.05) is 32.8 Å². The highest BCUT2D eigenvalue weighted by molar-refractivity contribution is 5.87. The van der Waals surface area contributed by atoms with Crippen molar-refractivity contribution in [2.24, 2.45) is 17.8 Å². The lowest BCUT2D eigenvalue weighted by Crippen LogP contribution is -2.43. The average Bonchev–Trinajstić information content (AvgIpc) is 3.14. The predicted octanol–water partition coefficient (Wildman–Crippen LogP) is 2.68. The van der Waals surface area contributed by atoms with Crippen molar-refractivity contribution in [1.82, 2.24) is 10.2 Å². The molecule has 0 radical (unpaired) electrons. The number of likely N-dealkylation sites (tertiary alicyclic amines) is 1. The summed E-state index contributed by atoms with van der Waals surface area (Å²) >= 11 is 0. The molecule has 24 heavy (non-hydrogen) atoms. The van der Waals surface area contributed by atoms with Crippen LogP contribution in [-0.4, -0.2) is 43.6 Å². The Bertz CT molecular complexity index is 568. The van der Waals surface area contributed by atoms with Gasteiger partial charge in [-0.25, -0.2) is 0 Å². The molecule has 2 aliphatic rings. The Kier molecular flexibility index (Phi) is 4.86. The Morgan fingerprint density at radius 1 is 1.21 bits per heavy atom. The van der Waals surface area contributed by atoms with E-state index in [1.807, 2.05) is 38.1 Å². The van der Waals surface area contributed by atoms with Crippen molar-refractivity contribution in [3.8, 4) is 5.75 Å². The van der Waals surface area contributed by atoms with E-state index in [2.05, 4.69) is 24.1 Å². The molecule has 1 aromatic rings. The molecule has 2 fully saturated rings. The first kappa shape index (κ1) is 17.3. The highest BCUT2D eigenvalue weighted by Gasteiger charge is 2.42. The van der Waals surface area contributed by atoms with Gasteiger partial charge in [-0.2, -0.15) is 0 Å². The lowest BCUT2D eigenvalue weighted by atomic mass is 9.83. The number of nitrogens with zero attached hydrogens (tertiary/aromatic N) is 1. The van der Waals surface area contributed by atoms with Gasteiger partial charge in [-0.15, -0.1) is 0 Å². The van der Waals surface area contributed by atoms with E-state index in [1.165, 1.54) is 0 Å². The summed E-state index contributed by atoms with van der Waals surface area (Å²) in [5, 5.41) is 3.43. The van der Waals surface area contributed by atoms with Gasteiger partial charge in [-0.3, -0.25) is 4.79 Å². The second-order valence-electron chi connectivity index (χ2n) is 8.24. The Balaban J connectivity index is 1.67. The van der Waals surface area contributed by atoms with Crippen molar-refractivity contribution in [1.29, 1.82) is 0 Å². The van der Waals surface area contributed by atoms with Crippen molar-refractivity contribution >= 4 is 5.91 Å². The zero-order valence-electron chi connectivity index (χ0n) is 15.3. The molecule has 0 spiro atoms. The van der Waals surface area contributed by atoms with Crippen LogP contribution in [0.15, 0.2) is 24.3 Å². The summed E-state index contributed by atoms with van der Waals surface area (Å²) in [6.07, 6.45) is 0. The molecular formula is C20H30N2O2. The summed E-state index contributed by atoms with van der Waals surface area (Å²) in [7, 11) is 0. The minimum Gasteiger partial charge on any atom is -0.493 e. The smallest absolute Gasteiger partial charge is 0.232 e. The first-order chi connectivity index (χ1) is 11.4. The van der Waals surface area contributed by atoms with E-state index in [0.29, 0.717) is 24.4 Å². The van der Waals surface area contributed by atoms with Gasteiger partial charge in [0.25, 0.3) is 0 Å². The molecule has 0 bridgehead atoms. The minimum atomic E-state index is -0.497. The standard InChI is InChI=1S/C20H30N2O2/c1-14(2)13-24-18-7-5-17(6-8-18)20(3,4)19(23)22-11-15-9-21-10-16(15)12-22/h5-8,14-16,21H,9-13H2,1-4H3/t15-,16+. The van der Waals surface area contributed by atoms with E-state index in [9.17, 15) is 4.79 Å². The number of hydrogen-bond donors (Lipinski definition) is 1. The second-order valence-corrected chi connectivity index (χ2v) is 8.24. The third-order valence-electron chi connectivity index (χ3n) is 5.37. The molecule has 2 aliphatic heterocycles. The summed E-state index contributed by atoms with van der Waals surface area (Å²) in [5.74, 6) is 2.89. The van der Waals surface area contributed by atoms with Crippen LogP contribution in [0.25, 0.3) is 0 Å². The Morgan fingerprint density at radius 3 is 2.33 bits per heavy atom. The van der Waals surface area contributed by atoms with Crippen LogP contribution in [0.2, 0.25) is 0 Å². The van der Waals surface area contributed by atoms with Crippen LogP contribution >= 0.6 is 0 Å².